The van der Waals surface area contributed by atoms with Crippen molar-refractivity contribution in [1.29, 1.82) is 0 Å². The van der Waals surface area contributed by atoms with Crippen molar-refractivity contribution in [2.45, 2.75) is 11.4 Å². The Morgan fingerprint density at radius 1 is 1.05 bits per heavy atom. The SMILES string of the molecule is O=[N+]([O-])c1ccc(S(=O)(=O)NCc2c(F)cccc2F)cc1. The maximum Gasteiger partial charge on any atom is 0.269 e. The fourth-order valence-corrected chi connectivity index (χ4v) is 2.69. The predicted molar refractivity (Wildman–Crippen MR) is 73.5 cm³/mol. The van der Waals surface area contributed by atoms with Crippen LogP contribution in [-0.4, -0.2) is 13.3 Å². The van der Waals surface area contributed by atoms with Crippen molar-refractivity contribution >= 4 is 15.7 Å². The zero-order chi connectivity index (χ0) is 16.3. The van der Waals surface area contributed by atoms with Crippen LogP contribution in [0.15, 0.2) is 47.4 Å². The number of hydrogen-bond acceptors (Lipinski definition) is 4. The Morgan fingerprint density at radius 2 is 1.59 bits per heavy atom. The molecule has 1 N–H and O–H groups in total. The van der Waals surface area contributed by atoms with Gasteiger partial charge in [-0.05, 0) is 24.3 Å². The third kappa shape index (κ3) is 3.43. The van der Waals surface area contributed by atoms with Gasteiger partial charge in [-0.1, -0.05) is 6.07 Å². The molecule has 0 radical (unpaired) electrons. The van der Waals surface area contributed by atoms with Crippen LogP contribution in [0.4, 0.5) is 14.5 Å². The van der Waals surface area contributed by atoms with Gasteiger partial charge in [-0.15, -0.1) is 0 Å². The summed E-state index contributed by atoms with van der Waals surface area (Å²) < 4.78 is 52.9. The van der Waals surface area contributed by atoms with Gasteiger partial charge in [0.15, 0.2) is 0 Å². The van der Waals surface area contributed by atoms with Crippen molar-refractivity contribution in [3.8, 4) is 0 Å². The van der Waals surface area contributed by atoms with Gasteiger partial charge < -0.3 is 0 Å². The van der Waals surface area contributed by atoms with E-state index in [-0.39, 0.29) is 10.6 Å². The van der Waals surface area contributed by atoms with Crippen molar-refractivity contribution in [2.24, 2.45) is 0 Å². The zero-order valence-corrected chi connectivity index (χ0v) is 11.8. The number of benzene rings is 2. The summed E-state index contributed by atoms with van der Waals surface area (Å²) >= 11 is 0. The lowest BCUT2D eigenvalue weighted by Gasteiger charge is -2.08. The molecule has 0 amide bonds. The van der Waals surface area contributed by atoms with Crippen LogP contribution in [0.5, 0.6) is 0 Å². The first-order valence-corrected chi connectivity index (χ1v) is 7.46. The maximum absolute atomic E-state index is 13.4. The summed E-state index contributed by atoms with van der Waals surface area (Å²) in [7, 11) is -4.04. The topological polar surface area (TPSA) is 89.3 Å². The molecule has 0 aliphatic heterocycles. The fraction of sp³-hybridized carbons (Fsp3) is 0.0769. The third-order valence-corrected chi connectivity index (χ3v) is 4.28. The lowest BCUT2D eigenvalue weighted by atomic mass is 10.2. The van der Waals surface area contributed by atoms with E-state index in [4.69, 9.17) is 0 Å². The highest BCUT2D eigenvalue weighted by atomic mass is 32.2. The average molecular weight is 328 g/mol. The summed E-state index contributed by atoms with van der Waals surface area (Å²) in [6.07, 6.45) is 0. The second-order valence-corrected chi connectivity index (χ2v) is 6.04. The second-order valence-electron chi connectivity index (χ2n) is 4.28. The first kappa shape index (κ1) is 16.0. The standard InChI is InChI=1S/C13H10F2N2O4S/c14-12-2-1-3-13(15)11(12)8-16-22(20,21)10-6-4-9(5-7-10)17(18)19/h1-7,16H,8H2. The number of hydrogen-bond donors (Lipinski definition) is 1. The van der Waals surface area contributed by atoms with Gasteiger partial charge in [-0.25, -0.2) is 21.9 Å². The Hall–Kier alpha value is -2.39. The van der Waals surface area contributed by atoms with Crippen LogP contribution in [0.2, 0.25) is 0 Å². The number of rotatable bonds is 5. The summed E-state index contributed by atoms with van der Waals surface area (Å²) in [4.78, 5) is 9.60. The molecule has 0 fully saturated rings. The van der Waals surface area contributed by atoms with Crippen LogP contribution < -0.4 is 4.72 Å². The monoisotopic (exact) mass is 328 g/mol. The van der Waals surface area contributed by atoms with Gasteiger partial charge >= 0.3 is 0 Å². The summed E-state index contributed by atoms with van der Waals surface area (Å²) in [5.74, 6) is -1.74. The Balaban J connectivity index is 2.19. The highest BCUT2D eigenvalue weighted by Crippen LogP contribution is 2.17. The molecule has 0 aromatic heterocycles. The minimum absolute atomic E-state index is 0.241. The van der Waals surface area contributed by atoms with Crippen molar-refractivity contribution in [3.63, 3.8) is 0 Å². The summed E-state index contributed by atoms with van der Waals surface area (Å²) in [6, 6.07) is 7.32. The molecule has 116 valence electrons. The quantitative estimate of drug-likeness (QED) is 0.674. The molecule has 2 aromatic carbocycles. The van der Waals surface area contributed by atoms with E-state index in [0.29, 0.717) is 0 Å². The highest BCUT2D eigenvalue weighted by molar-refractivity contribution is 7.89. The van der Waals surface area contributed by atoms with E-state index in [1.54, 1.807) is 0 Å². The van der Waals surface area contributed by atoms with Crippen LogP contribution in [0, 0.1) is 21.7 Å². The minimum Gasteiger partial charge on any atom is -0.258 e. The minimum atomic E-state index is -4.04. The van der Waals surface area contributed by atoms with Gasteiger partial charge in [0.2, 0.25) is 10.0 Å². The average Bonchev–Trinajstić information content (AvgIpc) is 2.46. The van der Waals surface area contributed by atoms with Crippen molar-refractivity contribution in [3.05, 3.63) is 69.8 Å². The smallest absolute Gasteiger partial charge is 0.258 e. The molecular weight excluding hydrogens is 318 g/mol. The summed E-state index contributed by atoms with van der Waals surface area (Å²) in [6.45, 7) is -0.572. The Morgan fingerprint density at radius 3 is 2.09 bits per heavy atom. The van der Waals surface area contributed by atoms with Gasteiger partial charge in [-0.3, -0.25) is 10.1 Å². The van der Waals surface area contributed by atoms with E-state index in [1.807, 2.05) is 4.72 Å². The van der Waals surface area contributed by atoms with E-state index in [2.05, 4.69) is 0 Å². The molecular formula is C13H10F2N2O4S. The first-order valence-electron chi connectivity index (χ1n) is 5.98. The van der Waals surface area contributed by atoms with Crippen LogP contribution in [-0.2, 0) is 16.6 Å². The number of non-ortho nitro benzene ring substituents is 1. The molecule has 0 saturated heterocycles. The van der Waals surface area contributed by atoms with Gasteiger partial charge in [-0.2, -0.15) is 0 Å². The van der Waals surface area contributed by atoms with E-state index >= 15 is 0 Å². The molecule has 0 aliphatic carbocycles. The predicted octanol–water partition coefficient (Wildman–Crippen LogP) is 2.35. The van der Waals surface area contributed by atoms with Crippen LogP contribution in [0.1, 0.15) is 5.56 Å². The molecule has 0 atom stereocenters. The van der Waals surface area contributed by atoms with E-state index in [1.165, 1.54) is 6.07 Å². The number of nitrogens with one attached hydrogen (secondary N) is 1. The number of nitro groups is 1. The number of nitrogens with zero attached hydrogens (tertiary/aromatic N) is 1. The molecule has 9 heteroatoms. The largest absolute Gasteiger partial charge is 0.269 e. The molecule has 0 saturated carbocycles. The third-order valence-electron chi connectivity index (χ3n) is 2.86. The second kappa shape index (κ2) is 6.16. The molecule has 0 aliphatic rings. The molecule has 0 bridgehead atoms. The maximum atomic E-state index is 13.4. The molecule has 2 rings (SSSR count). The van der Waals surface area contributed by atoms with Crippen molar-refractivity contribution in [1.82, 2.24) is 4.72 Å². The Labute approximate surface area is 124 Å². The molecule has 0 spiro atoms. The van der Waals surface area contributed by atoms with Crippen LogP contribution in [0.25, 0.3) is 0 Å². The zero-order valence-electron chi connectivity index (χ0n) is 11.0. The van der Waals surface area contributed by atoms with Gasteiger partial charge in [0.1, 0.15) is 11.6 Å². The number of sulfonamides is 1. The summed E-state index contributed by atoms with van der Waals surface area (Å²) in [5.41, 5.74) is -0.674. The normalized spacial score (nSPS) is 11.4. The molecule has 2 aromatic rings. The first-order chi connectivity index (χ1) is 10.3. The van der Waals surface area contributed by atoms with Crippen molar-refractivity contribution in [2.75, 3.05) is 0 Å². The summed E-state index contributed by atoms with van der Waals surface area (Å²) in [5, 5.41) is 10.5. The Kier molecular flexibility index (Phi) is 4.48. The lowest BCUT2D eigenvalue weighted by Crippen LogP contribution is -2.24. The van der Waals surface area contributed by atoms with Crippen LogP contribution in [0.3, 0.4) is 0 Å². The van der Waals surface area contributed by atoms with Gasteiger partial charge in [0, 0.05) is 24.2 Å². The fourth-order valence-electron chi connectivity index (χ4n) is 1.70. The molecule has 0 heterocycles. The van der Waals surface area contributed by atoms with Gasteiger partial charge in [0.25, 0.3) is 5.69 Å². The van der Waals surface area contributed by atoms with Crippen molar-refractivity contribution < 1.29 is 22.1 Å². The van der Waals surface area contributed by atoms with Gasteiger partial charge in [0.05, 0.1) is 9.82 Å². The van der Waals surface area contributed by atoms with E-state index < -0.39 is 38.7 Å². The lowest BCUT2D eigenvalue weighted by molar-refractivity contribution is -0.384. The van der Waals surface area contributed by atoms with E-state index in [9.17, 15) is 27.3 Å². The van der Waals surface area contributed by atoms with Crippen LogP contribution >= 0.6 is 0 Å². The number of halogens is 2. The highest BCUT2D eigenvalue weighted by Gasteiger charge is 2.17. The molecule has 22 heavy (non-hydrogen) atoms. The molecule has 6 nitrogen and oxygen atoms in total. The Bertz CT molecular complexity index is 787. The number of nitro benzene ring substituents is 1. The van der Waals surface area contributed by atoms with E-state index in [0.717, 1.165) is 36.4 Å². The molecule has 0 unspecified atom stereocenters.